The number of hydrogen-bond acceptors (Lipinski definition) is 2. The van der Waals surface area contributed by atoms with Crippen molar-refractivity contribution in [3.63, 3.8) is 0 Å². The molecule has 0 bridgehead atoms. The molecule has 0 aromatic heterocycles. The van der Waals surface area contributed by atoms with Crippen LogP contribution in [0.1, 0.15) is 48.0 Å². The lowest BCUT2D eigenvalue weighted by Crippen LogP contribution is -2.34. The predicted octanol–water partition coefficient (Wildman–Crippen LogP) is 3.95. The molecular weight excluding hydrogens is 210 g/mol. The van der Waals surface area contributed by atoms with Crippen LogP contribution in [0.2, 0.25) is 0 Å². The smallest absolute Gasteiger partial charge is 0.182 e. The first-order valence-electron chi connectivity index (χ1n) is 6.42. The molecule has 17 heavy (non-hydrogen) atoms. The number of nitrogens with zero attached hydrogens (tertiary/aromatic N) is 1. The minimum absolute atomic E-state index is 0.162. The van der Waals surface area contributed by atoms with E-state index in [1.165, 1.54) is 5.57 Å². The van der Waals surface area contributed by atoms with E-state index in [9.17, 15) is 0 Å². The Labute approximate surface area is 106 Å². The van der Waals surface area contributed by atoms with Crippen LogP contribution in [0.15, 0.2) is 24.1 Å². The van der Waals surface area contributed by atoms with Crippen LogP contribution in [-0.4, -0.2) is 23.6 Å². The predicted molar refractivity (Wildman–Crippen MR) is 73.7 cm³/mol. The van der Waals surface area contributed by atoms with Gasteiger partial charge in [0.15, 0.2) is 5.88 Å². The second-order valence-corrected chi connectivity index (χ2v) is 6.78. The van der Waals surface area contributed by atoms with Crippen molar-refractivity contribution < 1.29 is 4.74 Å². The Balaban J connectivity index is 2.58. The van der Waals surface area contributed by atoms with Crippen molar-refractivity contribution in [3.8, 4) is 0 Å². The third kappa shape index (κ3) is 4.45. The molecule has 0 saturated carbocycles. The van der Waals surface area contributed by atoms with Crippen LogP contribution in [-0.2, 0) is 4.74 Å². The first-order chi connectivity index (χ1) is 7.59. The van der Waals surface area contributed by atoms with Gasteiger partial charge >= 0.3 is 0 Å². The Bertz CT molecular complexity index is 315. The standard InChI is InChI=1S/C15H27NO/c1-12(17-15(5,6)7)16-10-8-13(9-11-16)14(2,3)4/h8H,1,9-11H2,2-7H3. The molecule has 2 nitrogen and oxygen atoms in total. The number of hydrogen-bond donors (Lipinski definition) is 0. The van der Waals surface area contributed by atoms with Gasteiger partial charge in [0, 0.05) is 13.1 Å². The van der Waals surface area contributed by atoms with Crippen molar-refractivity contribution >= 4 is 0 Å². The molecular formula is C15H27NO. The van der Waals surface area contributed by atoms with Crippen LogP contribution in [0.3, 0.4) is 0 Å². The van der Waals surface area contributed by atoms with Crippen LogP contribution in [0.25, 0.3) is 0 Å². The molecule has 0 fully saturated rings. The minimum Gasteiger partial charge on any atom is -0.474 e. The van der Waals surface area contributed by atoms with E-state index in [4.69, 9.17) is 4.74 Å². The summed E-state index contributed by atoms with van der Waals surface area (Å²) >= 11 is 0. The van der Waals surface area contributed by atoms with Gasteiger partial charge in [0.25, 0.3) is 0 Å². The highest BCUT2D eigenvalue weighted by atomic mass is 16.5. The molecule has 1 heterocycles. The molecule has 0 spiro atoms. The quantitative estimate of drug-likeness (QED) is 0.532. The highest BCUT2D eigenvalue weighted by Gasteiger charge is 2.23. The number of rotatable bonds is 2. The van der Waals surface area contributed by atoms with Crippen molar-refractivity contribution in [1.29, 1.82) is 0 Å². The second-order valence-electron chi connectivity index (χ2n) is 6.78. The molecule has 0 amide bonds. The fraction of sp³-hybridized carbons (Fsp3) is 0.733. The molecule has 0 N–H and O–H groups in total. The third-order valence-electron chi connectivity index (χ3n) is 2.95. The van der Waals surface area contributed by atoms with E-state index in [0.717, 1.165) is 25.4 Å². The van der Waals surface area contributed by atoms with E-state index in [2.05, 4.69) is 59.1 Å². The van der Waals surface area contributed by atoms with Gasteiger partial charge in [-0.1, -0.05) is 32.4 Å². The van der Waals surface area contributed by atoms with Gasteiger partial charge in [-0.25, -0.2) is 0 Å². The van der Waals surface area contributed by atoms with Gasteiger partial charge in [0.2, 0.25) is 0 Å². The molecule has 0 saturated heterocycles. The van der Waals surface area contributed by atoms with E-state index in [0.29, 0.717) is 0 Å². The van der Waals surface area contributed by atoms with Crippen LogP contribution >= 0.6 is 0 Å². The lowest BCUT2D eigenvalue weighted by atomic mass is 9.83. The first-order valence-corrected chi connectivity index (χ1v) is 6.42. The van der Waals surface area contributed by atoms with E-state index in [-0.39, 0.29) is 11.0 Å². The monoisotopic (exact) mass is 237 g/mol. The van der Waals surface area contributed by atoms with Crippen LogP contribution in [0.4, 0.5) is 0 Å². The van der Waals surface area contributed by atoms with Gasteiger partial charge in [0.05, 0.1) is 0 Å². The Kier molecular flexibility index (Phi) is 3.95. The fourth-order valence-electron chi connectivity index (χ4n) is 1.99. The SMILES string of the molecule is C=C(OC(C)(C)C)N1CC=C(C(C)(C)C)CC1. The van der Waals surface area contributed by atoms with E-state index in [1.54, 1.807) is 0 Å². The summed E-state index contributed by atoms with van der Waals surface area (Å²) in [5.41, 5.74) is 1.67. The summed E-state index contributed by atoms with van der Waals surface area (Å²) in [5, 5.41) is 0. The molecule has 0 aliphatic carbocycles. The van der Waals surface area contributed by atoms with E-state index < -0.39 is 0 Å². The highest BCUT2D eigenvalue weighted by molar-refractivity contribution is 5.16. The molecule has 0 aromatic rings. The Morgan fingerprint density at radius 3 is 2.18 bits per heavy atom. The van der Waals surface area contributed by atoms with Crippen LogP contribution in [0.5, 0.6) is 0 Å². The maximum absolute atomic E-state index is 5.80. The lowest BCUT2D eigenvalue weighted by Gasteiger charge is -2.36. The largest absolute Gasteiger partial charge is 0.474 e. The summed E-state index contributed by atoms with van der Waals surface area (Å²) in [6, 6.07) is 0. The second kappa shape index (κ2) is 4.75. The maximum Gasteiger partial charge on any atom is 0.182 e. The van der Waals surface area contributed by atoms with Gasteiger partial charge in [-0.05, 0) is 39.2 Å². The average molecular weight is 237 g/mol. The van der Waals surface area contributed by atoms with Crippen molar-refractivity contribution in [2.24, 2.45) is 5.41 Å². The molecule has 0 aromatic carbocycles. The zero-order valence-corrected chi connectivity index (χ0v) is 12.3. The molecule has 98 valence electrons. The van der Waals surface area contributed by atoms with E-state index in [1.807, 2.05) is 0 Å². The summed E-state index contributed by atoms with van der Waals surface area (Å²) in [7, 11) is 0. The van der Waals surface area contributed by atoms with Gasteiger partial charge in [-0.3, -0.25) is 0 Å². The molecule has 2 heteroatoms. The summed E-state index contributed by atoms with van der Waals surface area (Å²) in [6.45, 7) is 18.9. The summed E-state index contributed by atoms with van der Waals surface area (Å²) in [5.74, 6) is 0.793. The topological polar surface area (TPSA) is 12.5 Å². The van der Waals surface area contributed by atoms with Crippen molar-refractivity contribution in [1.82, 2.24) is 4.90 Å². The number of ether oxygens (including phenoxy) is 1. The minimum atomic E-state index is -0.162. The zero-order chi connectivity index (χ0) is 13.3. The highest BCUT2D eigenvalue weighted by Crippen LogP contribution is 2.31. The van der Waals surface area contributed by atoms with E-state index >= 15 is 0 Å². The molecule has 1 aliphatic heterocycles. The Hall–Kier alpha value is -0.920. The maximum atomic E-state index is 5.80. The van der Waals surface area contributed by atoms with Crippen molar-refractivity contribution in [2.45, 2.75) is 53.6 Å². The Morgan fingerprint density at radius 1 is 1.24 bits per heavy atom. The van der Waals surface area contributed by atoms with Crippen molar-refractivity contribution in [2.75, 3.05) is 13.1 Å². The van der Waals surface area contributed by atoms with Gasteiger partial charge < -0.3 is 9.64 Å². The molecule has 0 radical (unpaired) electrons. The zero-order valence-electron chi connectivity index (χ0n) is 12.3. The molecule has 0 unspecified atom stereocenters. The molecule has 0 atom stereocenters. The van der Waals surface area contributed by atoms with Crippen LogP contribution in [0, 0.1) is 5.41 Å². The molecule has 1 rings (SSSR count). The van der Waals surface area contributed by atoms with Gasteiger partial charge in [-0.2, -0.15) is 0 Å². The van der Waals surface area contributed by atoms with Gasteiger partial charge in [-0.15, -0.1) is 0 Å². The van der Waals surface area contributed by atoms with Crippen LogP contribution < -0.4 is 0 Å². The van der Waals surface area contributed by atoms with Crippen molar-refractivity contribution in [3.05, 3.63) is 24.1 Å². The van der Waals surface area contributed by atoms with Gasteiger partial charge in [0.1, 0.15) is 5.60 Å². The Morgan fingerprint density at radius 2 is 1.82 bits per heavy atom. The third-order valence-corrected chi connectivity index (χ3v) is 2.95. The summed E-state index contributed by atoms with van der Waals surface area (Å²) in [6.07, 6.45) is 3.43. The summed E-state index contributed by atoms with van der Waals surface area (Å²) < 4.78 is 5.80. The normalized spacial score (nSPS) is 17.8. The first kappa shape index (κ1) is 14.1. The average Bonchev–Trinajstić information content (AvgIpc) is 2.14. The fourth-order valence-corrected chi connectivity index (χ4v) is 1.99. The summed E-state index contributed by atoms with van der Waals surface area (Å²) in [4.78, 5) is 2.21. The molecule has 1 aliphatic rings. The lowest BCUT2D eigenvalue weighted by molar-refractivity contribution is 0.00454.